The molecule has 1 aromatic heterocycles. The van der Waals surface area contributed by atoms with Gasteiger partial charge in [-0.15, -0.1) is 0 Å². The van der Waals surface area contributed by atoms with Crippen molar-refractivity contribution in [3.63, 3.8) is 0 Å². The minimum atomic E-state index is 0.0369. The van der Waals surface area contributed by atoms with Crippen LogP contribution in [0.4, 0.5) is 0 Å². The molecule has 4 heteroatoms. The fourth-order valence-electron chi connectivity index (χ4n) is 3.97. The van der Waals surface area contributed by atoms with E-state index in [9.17, 15) is 5.11 Å². The van der Waals surface area contributed by atoms with Crippen LogP contribution in [-0.2, 0) is 0 Å². The van der Waals surface area contributed by atoms with Crippen LogP contribution in [0.1, 0.15) is 0 Å². The van der Waals surface area contributed by atoms with Gasteiger partial charge in [0.15, 0.2) is 0 Å². The monoisotopic (exact) mass is 468 g/mol. The van der Waals surface area contributed by atoms with E-state index in [2.05, 4.69) is 41.0 Å². The number of aromatic nitrogens is 1. The predicted molar refractivity (Wildman–Crippen MR) is 136 cm³/mol. The topological polar surface area (TPSA) is 24.1 Å². The standard InChI is InChI=1S/C29H19Cl2NO/c30-24-13-11-22(12-14-24)28-18-23(20-7-3-1-4-8-20)17-27(21-9-5-2-6-10-21)32(28)25-15-16-26(31)29(33)19-25/h1-19H/p+1. The van der Waals surface area contributed by atoms with Crippen LogP contribution in [0.25, 0.3) is 39.3 Å². The van der Waals surface area contributed by atoms with Crippen molar-refractivity contribution in [2.24, 2.45) is 0 Å². The molecule has 2 nitrogen and oxygen atoms in total. The van der Waals surface area contributed by atoms with E-state index in [1.807, 2.05) is 66.7 Å². The lowest BCUT2D eigenvalue weighted by Gasteiger charge is -2.13. The first kappa shape index (κ1) is 21.3. The second-order valence-corrected chi connectivity index (χ2v) is 8.57. The van der Waals surface area contributed by atoms with Crippen LogP contribution in [-0.4, -0.2) is 5.11 Å². The Labute approximate surface area is 202 Å². The minimum Gasteiger partial charge on any atom is -0.506 e. The van der Waals surface area contributed by atoms with Gasteiger partial charge in [0, 0.05) is 34.3 Å². The second-order valence-electron chi connectivity index (χ2n) is 7.72. The Morgan fingerprint density at radius 2 is 1.06 bits per heavy atom. The van der Waals surface area contributed by atoms with Gasteiger partial charge in [0.25, 0.3) is 0 Å². The highest BCUT2D eigenvalue weighted by Gasteiger charge is 2.25. The Kier molecular flexibility index (Phi) is 5.87. The first-order valence-corrected chi connectivity index (χ1v) is 11.3. The molecule has 0 saturated carbocycles. The smallest absolute Gasteiger partial charge is 0.219 e. The van der Waals surface area contributed by atoms with Gasteiger partial charge in [-0.1, -0.05) is 71.7 Å². The summed E-state index contributed by atoms with van der Waals surface area (Å²) in [5.41, 5.74) is 7.03. The Balaban J connectivity index is 1.88. The van der Waals surface area contributed by atoms with Crippen molar-refractivity contribution in [3.8, 4) is 45.1 Å². The summed E-state index contributed by atoms with van der Waals surface area (Å²) < 4.78 is 2.14. The largest absolute Gasteiger partial charge is 0.506 e. The molecule has 0 aliphatic heterocycles. The summed E-state index contributed by atoms with van der Waals surface area (Å²) in [6.07, 6.45) is 0. The van der Waals surface area contributed by atoms with E-state index >= 15 is 0 Å². The number of aromatic hydroxyl groups is 1. The summed E-state index contributed by atoms with van der Waals surface area (Å²) in [5.74, 6) is 0.0369. The minimum absolute atomic E-state index is 0.0369. The number of hydrogen-bond donors (Lipinski definition) is 1. The Hall–Kier alpha value is -3.59. The maximum Gasteiger partial charge on any atom is 0.219 e. The number of halogens is 2. The number of phenols is 1. The van der Waals surface area contributed by atoms with Crippen molar-refractivity contribution in [1.82, 2.24) is 0 Å². The molecule has 5 aromatic rings. The molecule has 0 unspecified atom stereocenters. The van der Waals surface area contributed by atoms with Gasteiger partial charge in [0.1, 0.15) is 5.75 Å². The molecule has 0 aliphatic rings. The zero-order valence-corrected chi connectivity index (χ0v) is 19.1. The van der Waals surface area contributed by atoms with Crippen molar-refractivity contribution in [2.45, 2.75) is 0 Å². The zero-order valence-electron chi connectivity index (χ0n) is 17.6. The maximum absolute atomic E-state index is 10.4. The summed E-state index contributed by atoms with van der Waals surface area (Å²) in [4.78, 5) is 0. The summed E-state index contributed by atoms with van der Waals surface area (Å²) in [5, 5.41) is 11.4. The third-order valence-electron chi connectivity index (χ3n) is 5.57. The molecule has 0 atom stereocenters. The van der Waals surface area contributed by atoms with E-state index in [1.165, 1.54) is 0 Å². The maximum atomic E-state index is 10.4. The molecule has 4 aromatic carbocycles. The zero-order chi connectivity index (χ0) is 22.8. The van der Waals surface area contributed by atoms with Crippen molar-refractivity contribution in [3.05, 3.63) is 125 Å². The lowest BCUT2D eigenvalue weighted by Crippen LogP contribution is -2.36. The van der Waals surface area contributed by atoms with E-state index in [0.29, 0.717) is 10.0 Å². The van der Waals surface area contributed by atoms with E-state index in [-0.39, 0.29) is 5.75 Å². The number of rotatable bonds is 4. The molecule has 160 valence electrons. The molecule has 1 N–H and O–H groups in total. The Morgan fingerprint density at radius 1 is 0.515 bits per heavy atom. The molecule has 0 amide bonds. The van der Waals surface area contributed by atoms with Crippen molar-refractivity contribution >= 4 is 23.2 Å². The van der Waals surface area contributed by atoms with Crippen LogP contribution in [0.5, 0.6) is 5.75 Å². The normalized spacial score (nSPS) is 10.8. The average molecular weight is 469 g/mol. The van der Waals surface area contributed by atoms with Crippen LogP contribution in [0.15, 0.2) is 115 Å². The van der Waals surface area contributed by atoms with Crippen LogP contribution in [0.2, 0.25) is 10.0 Å². The van der Waals surface area contributed by atoms with E-state index in [0.717, 1.165) is 39.3 Å². The molecule has 0 radical (unpaired) electrons. The third-order valence-corrected chi connectivity index (χ3v) is 6.14. The van der Waals surface area contributed by atoms with Gasteiger partial charge in [0.2, 0.25) is 17.1 Å². The molecule has 1 heterocycles. The first-order valence-electron chi connectivity index (χ1n) is 10.6. The molecule has 0 aliphatic carbocycles. The number of nitrogens with zero attached hydrogens (tertiary/aromatic N) is 1. The van der Waals surface area contributed by atoms with Gasteiger partial charge >= 0.3 is 0 Å². The molecule has 0 bridgehead atoms. The molecule has 0 spiro atoms. The van der Waals surface area contributed by atoms with Gasteiger partial charge in [-0.3, -0.25) is 0 Å². The highest BCUT2D eigenvalue weighted by molar-refractivity contribution is 6.32. The summed E-state index contributed by atoms with van der Waals surface area (Å²) in [6.45, 7) is 0. The number of hydrogen-bond acceptors (Lipinski definition) is 1. The SMILES string of the molecule is Oc1cc(-[n+]2c(-c3ccccc3)cc(-c3ccccc3)cc2-c2ccc(Cl)cc2)ccc1Cl. The van der Waals surface area contributed by atoms with E-state index < -0.39 is 0 Å². The van der Waals surface area contributed by atoms with E-state index in [1.54, 1.807) is 12.1 Å². The first-order chi connectivity index (χ1) is 16.1. The van der Waals surface area contributed by atoms with Crippen molar-refractivity contribution in [2.75, 3.05) is 0 Å². The van der Waals surface area contributed by atoms with Crippen LogP contribution >= 0.6 is 23.2 Å². The van der Waals surface area contributed by atoms with Gasteiger partial charge in [-0.2, -0.15) is 4.57 Å². The van der Waals surface area contributed by atoms with Gasteiger partial charge in [-0.25, -0.2) is 0 Å². The highest BCUT2D eigenvalue weighted by Crippen LogP contribution is 2.32. The van der Waals surface area contributed by atoms with Gasteiger partial charge < -0.3 is 5.11 Å². The summed E-state index contributed by atoms with van der Waals surface area (Å²) in [6, 6.07) is 38.0. The molecule has 0 fully saturated rings. The fourth-order valence-corrected chi connectivity index (χ4v) is 4.21. The molecule has 5 rings (SSSR count). The lowest BCUT2D eigenvalue weighted by atomic mass is 9.98. The van der Waals surface area contributed by atoms with Gasteiger partial charge in [-0.05, 0) is 53.6 Å². The quantitative estimate of drug-likeness (QED) is 0.265. The average Bonchev–Trinajstić information content (AvgIpc) is 2.86. The molecule has 33 heavy (non-hydrogen) atoms. The number of benzene rings is 4. The van der Waals surface area contributed by atoms with Crippen molar-refractivity contribution < 1.29 is 9.67 Å². The second kappa shape index (κ2) is 9.11. The number of phenolic OH excluding ortho intramolecular Hbond substituents is 1. The molecular weight excluding hydrogens is 449 g/mol. The van der Waals surface area contributed by atoms with E-state index in [4.69, 9.17) is 23.2 Å². The van der Waals surface area contributed by atoms with Gasteiger partial charge in [0.05, 0.1) is 11.1 Å². The summed E-state index contributed by atoms with van der Waals surface area (Å²) >= 11 is 12.3. The Morgan fingerprint density at radius 3 is 1.64 bits per heavy atom. The third kappa shape index (κ3) is 4.36. The van der Waals surface area contributed by atoms with Crippen molar-refractivity contribution in [1.29, 1.82) is 0 Å². The summed E-state index contributed by atoms with van der Waals surface area (Å²) in [7, 11) is 0. The number of pyridine rings is 1. The Bertz CT molecular complexity index is 1420. The fraction of sp³-hybridized carbons (Fsp3) is 0. The van der Waals surface area contributed by atoms with Crippen LogP contribution in [0, 0.1) is 0 Å². The molecular formula is C29H20Cl2NO+. The predicted octanol–water partition coefficient (Wildman–Crippen LogP) is 7.98. The molecule has 0 saturated heterocycles. The van der Waals surface area contributed by atoms with Crippen LogP contribution in [0.3, 0.4) is 0 Å². The van der Waals surface area contributed by atoms with Crippen LogP contribution < -0.4 is 4.57 Å². The lowest BCUT2D eigenvalue weighted by molar-refractivity contribution is -0.572. The highest BCUT2D eigenvalue weighted by atomic mass is 35.5.